The molecule has 3 aromatic rings. The van der Waals surface area contributed by atoms with Gasteiger partial charge in [-0.2, -0.15) is 5.10 Å². The summed E-state index contributed by atoms with van der Waals surface area (Å²) in [4.78, 5) is 16.9. The number of aryl methyl sites for hydroxylation is 2. The Morgan fingerprint density at radius 2 is 1.79 bits per heavy atom. The first-order chi connectivity index (χ1) is 13.7. The van der Waals surface area contributed by atoms with Gasteiger partial charge in [-0.15, -0.1) is 0 Å². The Kier molecular flexibility index (Phi) is 5.59. The predicted octanol–water partition coefficient (Wildman–Crippen LogP) is 3.50. The van der Waals surface area contributed by atoms with Crippen molar-refractivity contribution in [3.05, 3.63) is 52.7 Å². The molecule has 0 unspecified atom stereocenters. The lowest BCUT2D eigenvalue weighted by atomic mass is 10.1. The molecule has 0 radical (unpaired) electrons. The van der Waals surface area contributed by atoms with E-state index in [2.05, 4.69) is 37.5 Å². The SMILES string of the molecule is Cc1cc(C)nc(N/N=C\c2sc(N3CCOCC3)nc2-c2ccccc2)n1. The van der Waals surface area contributed by atoms with Gasteiger partial charge in [-0.05, 0) is 19.9 Å². The minimum absolute atomic E-state index is 0.493. The molecule has 1 N–H and O–H groups in total. The third-order valence-electron chi connectivity index (χ3n) is 4.30. The highest BCUT2D eigenvalue weighted by Gasteiger charge is 2.18. The van der Waals surface area contributed by atoms with Gasteiger partial charge in [0.15, 0.2) is 5.13 Å². The number of nitrogens with zero attached hydrogens (tertiary/aromatic N) is 5. The summed E-state index contributed by atoms with van der Waals surface area (Å²) in [6, 6.07) is 12.1. The summed E-state index contributed by atoms with van der Waals surface area (Å²) in [6.07, 6.45) is 1.80. The van der Waals surface area contributed by atoms with Gasteiger partial charge in [0.2, 0.25) is 5.95 Å². The minimum Gasteiger partial charge on any atom is -0.378 e. The first-order valence-electron chi connectivity index (χ1n) is 9.19. The predicted molar refractivity (Wildman–Crippen MR) is 113 cm³/mol. The summed E-state index contributed by atoms with van der Waals surface area (Å²) in [7, 11) is 0. The van der Waals surface area contributed by atoms with Crippen molar-refractivity contribution < 1.29 is 4.74 Å². The van der Waals surface area contributed by atoms with Crippen LogP contribution in [0.3, 0.4) is 0 Å². The molecule has 4 rings (SSSR count). The van der Waals surface area contributed by atoms with Gasteiger partial charge in [0.25, 0.3) is 0 Å². The molecule has 2 aromatic heterocycles. The molecular weight excluding hydrogens is 372 g/mol. The van der Waals surface area contributed by atoms with E-state index >= 15 is 0 Å². The number of hydrazone groups is 1. The van der Waals surface area contributed by atoms with Crippen molar-refractivity contribution in [2.75, 3.05) is 36.6 Å². The molecule has 1 saturated heterocycles. The lowest BCUT2D eigenvalue weighted by molar-refractivity contribution is 0.122. The second-order valence-corrected chi connectivity index (χ2v) is 7.53. The van der Waals surface area contributed by atoms with E-state index in [0.717, 1.165) is 59.0 Å². The molecule has 0 aliphatic carbocycles. The van der Waals surface area contributed by atoms with Crippen LogP contribution in [0.25, 0.3) is 11.3 Å². The van der Waals surface area contributed by atoms with E-state index in [1.54, 1.807) is 17.6 Å². The van der Waals surface area contributed by atoms with Crippen molar-refractivity contribution >= 4 is 28.6 Å². The summed E-state index contributed by atoms with van der Waals surface area (Å²) < 4.78 is 5.46. The second-order valence-electron chi connectivity index (χ2n) is 6.52. The average molecular weight is 395 g/mol. The van der Waals surface area contributed by atoms with Crippen LogP contribution in [0.2, 0.25) is 0 Å². The van der Waals surface area contributed by atoms with E-state index in [1.807, 2.05) is 38.1 Å². The van der Waals surface area contributed by atoms with E-state index < -0.39 is 0 Å². The van der Waals surface area contributed by atoms with Crippen molar-refractivity contribution in [3.8, 4) is 11.3 Å². The number of thiazole rings is 1. The summed E-state index contributed by atoms with van der Waals surface area (Å²) in [5.41, 5.74) is 6.75. The van der Waals surface area contributed by atoms with Crippen LogP contribution in [0.1, 0.15) is 16.3 Å². The summed E-state index contributed by atoms with van der Waals surface area (Å²) >= 11 is 1.63. The van der Waals surface area contributed by atoms with Gasteiger partial charge in [-0.1, -0.05) is 41.7 Å². The van der Waals surface area contributed by atoms with Crippen LogP contribution < -0.4 is 10.3 Å². The van der Waals surface area contributed by atoms with Crippen LogP contribution in [-0.2, 0) is 4.74 Å². The van der Waals surface area contributed by atoms with Gasteiger partial charge < -0.3 is 9.64 Å². The first-order valence-corrected chi connectivity index (χ1v) is 10.0. The monoisotopic (exact) mass is 394 g/mol. The molecule has 0 atom stereocenters. The molecule has 1 fully saturated rings. The highest BCUT2D eigenvalue weighted by Crippen LogP contribution is 2.32. The average Bonchev–Trinajstić information content (AvgIpc) is 3.13. The van der Waals surface area contributed by atoms with Crippen LogP contribution in [0, 0.1) is 13.8 Å². The minimum atomic E-state index is 0.493. The van der Waals surface area contributed by atoms with Crippen LogP contribution in [0.4, 0.5) is 11.1 Å². The highest BCUT2D eigenvalue weighted by atomic mass is 32.1. The topological polar surface area (TPSA) is 75.5 Å². The van der Waals surface area contributed by atoms with Gasteiger partial charge in [-0.3, -0.25) is 0 Å². The third kappa shape index (κ3) is 4.35. The van der Waals surface area contributed by atoms with Crippen LogP contribution in [0.5, 0.6) is 0 Å². The van der Waals surface area contributed by atoms with Crippen molar-refractivity contribution in [2.45, 2.75) is 13.8 Å². The van der Waals surface area contributed by atoms with Crippen LogP contribution in [-0.4, -0.2) is 47.5 Å². The maximum absolute atomic E-state index is 5.46. The summed E-state index contributed by atoms with van der Waals surface area (Å²) in [5, 5.41) is 5.36. The molecule has 1 aliphatic rings. The number of ether oxygens (including phenoxy) is 1. The molecule has 1 aliphatic heterocycles. The normalized spacial score (nSPS) is 14.6. The van der Waals surface area contributed by atoms with Crippen molar-refractivity contribution in [2.24, 2.45) is 5.10 Å². The number of benzene rings is 1. The van der Waals surface area contributed by atoms with Crippen LogP contribution in [0.15, 0.2) is 41.5 Å². The molecule has 28 heavy (non-hydrogen) atoms. The molecule has 7 nitrogen and oxygen atoms in total. The van der Waals surface area contributed by atoms with Gasteiger partial charge >= 0.3 is 0 Å². The Bertz CT molecular complexity index is 946. The Labute approximate surface area is 168 Å². The Morgan fingerprint density at radius 1 is 1.07 bits per heavy atom. The molecule has 0 saturated carbocycles. The zero-order valence-corrected chi connectivity index (χ0v) is 16.7. The van der Waals surface area contributed by atoms with Gasteiger partial charge in [0.1, 0.15) is 0 Å². The number of anilines is 2. The maximum Gasteiger partial charge on any atom is 0.243 e. The summed E-state index contributed by atoms with van der Waals surface area (Å²) in [6.45, 7) is 7.05. The smallest absolute Gasteiger partial charge is 0.243 e. The number of morpholine rings is 1. The zero-order chi connectivity index (χ0) is 19.3. The van der Waals surface area contributed by atoms with Gasteiger partial charge in [0, 0.05) is 30.0 Å². The molecule has 8 heteroatoms. The Hall–Kier alpha value is -2.84. The Balaban J connectivity index is 1.61. The highest BCUT2D eigenvalue weighted by molar-refractivity contribution is 7.17. The van der Waals surface area contributed by atoms with E-state index in [-0.39, 0.29) is 0 Å². The molecule has 0 spiro atoms. The quantitative estimate of drug-likeness (QED) is 0.527. The maximum atomic E-state index is 5.46. The number of aromatic nitrogens is 3. The van der Waals surface area contributed by atoms with E-state index in [9.17, 15) is 0 Å². The lowest BCUT2D eigenvalue weighted by Crippen LogP contribution is -2.36. The second kappa shape index (κ2) is 8.45. The van der Waals surface area contributed by atoms with Crippen molar-refractivity contribution in [1.29, 1.82) is 0 Å². The molecule has 0 bridgehead atoms. The van der Waals surface area contributed by atoms with Crippen molar-refractivity contribution in [1.82, 2.24) is 15.0 Å². The van der Waals surface area contributed by atoms with E-state index in [1.165, 1.54) is 0 Å². The lowest BCUT2D eigenvalue weighted by Gasteiger charge is -2.26. The number of nitrogens with one attached hydrogen (secondary N) is 1. The van der Waals surface area contributed by atoms with Gasteiger partial charge in [0.05, 0.1) is 30.0 Å². The zero-order valence-electron chi connectivity index (χ0n) is 15.9. The van der Waals surface area contributed by atoms with E-state index in [0.29, 0.717) is 5.95 Å². The largest absolute Gasteiger partial charge is 0.378 e. The first kappa shape index (κ1) is 18.5. The summed E-state index contributed by atoms with van der Waals surface area (Å²) in [5.74, 6) is 0.493. The molecule has 144 valence electrons. The number of hydrogen-bond donors (Lipinski definition) is 1. The molecule has 1 aromatic carbocycles. The standard InChI is InChI=1S/C20H22N6OS/c1-14-12-15(2)23-19(22-14)25-21-13-17-18(16-6-4-3-5-7-16)24-20(28-17)26-8-10-27-11-9-26/h3-7,12-13H,8-11H2,1-2H3,(H,22,23,25)/b21-13-. The fraction of sp³-hybridized carbons (Fsp3) is 0.300. The van der Waals surface area contributed by atoms with E-state index in [4.69, 9.17) is 9.72 Å². The molecule has 3 heterocycles. The fourth-order valence-electron chi connectivity index (χ4n) is 3.03. The Morgan fingerprint density at radius 3 is 2.50 bits per heavy atom. The number of rotatable bonds is 5. The van der Waals surface area contributed by atoms with Crippen molar-refractivity contribution in [3.63, 3.8) is 0 Å². The third-order valence-corrected chi connectivity index (χ3v) is 5.35. The van der Waals surface area contributed by atoms with Gasteiger partial charge in [-0.25, -0.2) is 20.4 Å². The van der Waals surface area contributed by atoms with Crippen LogP contribution >= 0.6 is 11.3 Å². The molecular formula is C20H22N6OS. The number of hydrogen-bond acceptors (Lipinski definition) is 8. The fourth-order valence-corrected chi connectivity index (χ4v) is 4.04. The molecule has 0 amide bonds.